The fourth-order valence-electron chi connectivity index (χ4n) is 2.95. The average Bonchev–Trinajstić information content (AvgIpc) is 3.07. The zero-order chi connectivity index (χ0) is 25.1. The first-order chi connectivity index (χ1) is 15.8. The Morgan fingerprint density at radius 2 is 1.74 bits per heavy atom. The van der Waals surface area contributed by atoms with Gasteiger partial charge in [-0.3, -0.25) is 4.57 Å². The van der Waals surface area contributed by atoms with Crippen LogP contribution in [0.3, 0.4) is 0 Å². The highest BCUT2D eigenvalue weighted by molar-refractivity contribution is 6.07. The van der Waals surface area contributed by atoms with Gasteiger partial charge in [-0.1, -0.05) is 0 Å². The Labute approximate surface area is 191 Å². The van der Waals surface area contributed by atoms with Crippen LogP contribution in [0, 0.1) is 5.82 Å². The second-order valence-corrected chi connectivity index (χ2v) is 8.09. The Morgan fingerprint density at radius 3 is 2.35 bits per heavy atom. The molecule has 0 atom stereocenters. The molecule has 2 amide bonds. The molecule has 0 spiro atoms. The first-order valence-electron chi connectivity index (χ1n) is 9.93. The van der Waals surface area contributed by atoms with Crippen molar-refractivity contribution in [2.75, 3.05) is 24.0 Å². The number of carbonyl (C=O) groups excluding carboxylic acids is 2. The maximum atomic E-state index is 13.8. The first kappa shape index (κ1) is 25.0. The molecule has 0 radical (unpaired) electrons. The van der Waals surface area contributed by atoms with Crippen molar-refractivity contribution in [3.63, 3.8) is 0 Å². The summed E-state index contributed by atoms with van der Waals surface area (Å²) >= 11 is 0. The smallest absolute Gasteiger partial charge is 0.420 e. The fourth-order valence-corrected chi connectivity index (χ4v) is 2.95. The largest absolute Gasteiger partial charge is 0.422 e. The van der Waals surface area contributed by atoms with Gasteiger partial charge in [0.1, 0.15) is 5.82 Å². The molecule has 182 valence electrons. The number of anilines is 2. The Hall–Kier alpha value is -3.64. The van der Waals surface area contributed by atoms with Crippen molar-refractivity contribution in [3.8, 4) is 0 Å². The zero-order valence-corrected chi connectivity index (χ0v) is 18.2. The van der Waals surface area contributed by atoms with Gasteiger partial charge >= 0.3 is 18.3 Å². The molecule has 4 N–H and O–H groups in total. The lowest BCUT2D eigenvalue weighted by Crippen LogP contribution is -2.37. The molecule has 2 aromatic carbocycles. The minimum Gasteiger partial charge on any atom is -0.422 e. The van der Waals surface area contributed by atoms with Crippen molar-refractivity contribution >= 4 is 34.4 Å². The number of halogens is 4. The molecular formula is C22H22F4N4O4. The number of rotatable bonds is 6. The van der Waals surface area contributed by atoms with Crippen LogP contribution in [0.2, 0.25) is 0 Å². The van der Waals surface area contributed by atoms with Gasteiger partial charge in [0, 0.05) is 22.8 Å². The van der Waals surface area contributed by atoms with Gasteiger partial charge in [0.15, 0.2) is 6.79 Å². The number of nitrogens with one attached hydrogen (secondary N) is 2. The van der Waals surface area contributed by atoms with E-state index in [1.165, 1.54) is 12.3 Å². The highest BCUT2D eigenvalue weighted by Gasteiger charge is 2.30. The molecule has 12 heteroatoms. The molecular weight excluding hydrogens is 460 g/mol. The van der Waals surface area contributed by atoms with E-state index in [4.69, 9.17) is 15.2 Å². The van der Waals surface area contributed by atoms with E-state index >= 15 is 0 Å². The molecule has 0 bridgehead atoms. The standard InChI is InChI=1S/C22H22F4N4O4/c1-21(2,27)11-33-12-34-20(32)30-10-17(16-9-14(23)5-8-18(16)30)29-19(31)28-15-6-3-13(4-7-15)22(24,25)26/h3-10H,11-12,27H2,1-2H3,(H2,28,29,31). The summed E-state index contributed by atoms with van der Waals surface area (Å²) in [6.07, 6.45) is -4.12. The number of ether oxygens (including phenoxy) is 2. The summed E-state index contributed by atoms with van der Waals surface area (Å²) in [6.45, 7) is 3.22. The van der Waals surface area contributed by atoms with Crippen LogP contribution in [0.5, 0.6) is 0 Å². The molecule has 0 unspecified atom stereocenters. The van der Waals surface area contributed by atoms with Gasteiger partial charge in [0.05, 0.1) is 23.4 Å². The summed E-state index contributed by atoms with van der Waals surface area (Å²) in [5.41, 5.74) is 4.70. The summed E-state index contributed by atoms with van der Waals surface area (Å²) in [5, 5.41) is 5.02. The number of hydrogen-bond donors (Lipinski definition) is 3. The minimum atomic E-state index is -4.51. The van der Waals surface area contributed by atoms with Gasteiger partial charge in [-0.05, 0) is 56.3 Å². The minimum absolute atomic E-state index is 0.0693. The van der Waals surface area contributed by atoms with Gasteiger partial charge in [0.2, 0.25) is 0 Å². The Kier molecular flexibility index (Phi) is 7.12. The normalized spacial score (nSPS) is 12.0. The van der Waals surface area contributed by atoms with Crippen LogP contribution in [-0.2, 0) is 15.7 Å². The van der Waals surface area contributed by atoms with Crippen LogP contribution in [0.4, 0.5) is 38.5 Å². The van der Waals surface area contributed by atoms with E-state index in [9.17, 15) is 27.2 Å². The van der Waals surface area contributed by atoms with E-state index in [-0.39, 0.29) is 35.7 Å². The predicted molar refractivity (Wildman–Crippen MR) is 117 cm³/mol. The predicted octanol–water partition coefficient (Wildman–Crippen LogP) is 5.14. The highest BCUT2D eigenvalue weighted by atomic mass is 19.4. The molecule has 8 nitrogen and oxygen atoms in total. The van der Waals surface area contributed by atoms with E-state index in [0.29, 0.717) is 0 Å². The van der Waals surface area contributed by atoms with Crippen molar-refractivity contribution in [1.82, 2.24) is 4.57 Å². The maximum absolute atomic E-state index is 13.8. The number of nitrogens with two attached hydrogens (primary N) is 1. The molecule has 3 rings (SSSR count). The van der Waals surface area contributed by atoms with E-state index in [1.54, 1.807) is 13.8 Å². The molecule has 1 heterocycles. The van der Waals surface area contributed by atoms with Gasteiger partial charge in [-0.15, -0.1) is 0 Å². The third-order valence-electron chi connectivity index (χ3n) is 4.42. The number of hydrogen-bond acceptors (Lipinski definition) is 5. The van der Waals surface area contributed by atoms with Gasteiger partial charge in [-0.25, -0.2) is 14.0 Å². The second kappa shape index (κ2) is 9.69. The average molecular weight is 482 g/mol. The number of urea groups is 1. The number of fused-ring (bicyclic) bond motifs is 1. The van der Waals surface area contributed by atoms with E-state index in [0.717, 1.165) is 41.0 Å². The highest BCUT2D eigenvalue weighted by Crippen LogP contribution is 2.30. The molecule has 0 aliphatic heterocycles. The maximum Gasteiger partial charge on any atom is 0.420 e. The molecule has 1 aromatic heterocycles. The fraction of sp³-hybridized carbons (Fsp3) is 0.273. The van der Waals surface area contributed by atoms with Crippen molar-refractivity contribution in [2.45, 2.75) is 25.6 Å². The third kappa shape index (κ3) is 6.45. The molecule has 0 fully saturated rings. The number of nitrogens with zero attached hydrogens (tertiary/aromatic N) is 1. The van der Waals surface area contributed by atoms with Crippen molar-refractivity contribution in [1.29, 1.82) is 0 Å². The molecule has 0 saturated carbocycles. The number of amides is 2. The van der Waals surface area contributed by atoms with Crippen LogP contribution in [0.15, 0.2) is 48.7 Å². The summed E-state index contributed by atoms with van der Waals surface area (Å²) in [6, 6.07) is 6.57. The van der Waals surface area contributed by atoms with Crippen molar-refractivity contribution < 1.29 is 36.6 Å². The first-order valence-corrected chi connectivity index (χ1v) is 9.93. The van der Waals surface area contributed by atoms with Crippen molar-refractivity contribution in [3.05, 3.63) is 60.0 Å². The summed E-state index contributed by atoms with van der Waals surface area (Å²) in [4.78, 5) is 24.9. The molecule has 0 aliphatic rings. The third-order valence-corrected chi connectivity index (χ3v) is 4.42. The SMILES string of the molecule is CC(C)(N)COCOC(=O)n1cc(NC(=O)Nc2ccc(C(F)(F)F)cc2)c2cc(F)ccc21. The number of carbonyl (C=O) groups is 2. The summed E-state index contributed by atoms with van der Waals surface area (Å²) in [7, 11) is 0. The van der Waals surface area contributed by atoms with Crippen LogP contribution in [0.1, 0.15) is 19.4 Å². The van der Waals surface area contributed by atoms with Gasteiger partial charge in [0.25, 0.3) is 0 Å². The lowest BCUT2D eigenvalue weighted by molar-refractivity contribution is -0.137. The molecule has 0 aliphatic carbocycles. The van der Waals surface area contributed by atoms with Gasteiger partial charge < -0.3 is 25.8 Å². The number of alkyl halides is 3. The van der Waals surface area contributed by atoms with E-state index < -0.39 is 35.2 Å². The topological polar surface area (TPSA) is 108 Å². The Morgan fingerprint density at radius 1 is 1.06 bits per heavy atom. The second-order valence-electron chi connectivity index (χ2n) is 8.09. The zero-order valence-electron chi connectivity index (χ0n) is 18.2. The molecule has 34 heavy (non-hydrogen) atoms. The quantitative estimate of drug-likeness (QED) is 0.256. The van der Waals surface area contributed by atoms with Gasteiger partial charge in [-0.2, -0.15) is 13.2 Å². The molecule has 0 saturated heterocycles. The van der Waals surface area contributed by atoms with Crippen LogP contribution in [0.25, 0.3) is 10.9 Å². The lowest BCUT2D eigenvalue weighted by Gasteiger charge is -2.18. The Bertz CT molecular complexity index is 1180. The Balaban J connectivity index is 1.74. The van der Waals surface area contributed by atoms with Crippen molar-refractivity contribution in [2.24, 2.45) is 5.73 Å². The van der Waals surface area contributed by atoms with Crippen LogP contribution in [-0.4, -0.2) is 35.6 Å². The lowest BCUT2D eigenvalue weighted by atomic mass is 10.1. The summed E-state index contributed by atoms with van der Waals surface area (Å²) < 4.78 is 63.2. The number of benzene rings is 2. The molecule has 3 aromatic rings. The van der Waals surface area contributed by atoms with Crippen LogP contribution < -0.4 is 16.4 Å². The van der Waals surface area contributed by atoms with E-state index in [2.05, 4.69) is 10.6 Å². The number of aromatic nitrogens is 1. The monoisotopic (exact) mass is 482 g/mol. The summed E-state index contributed by atoms with van der Waals surface area (Å²) in [5.74, 6) is -0.613. The van der Waals surface area contributed by atoms with Crippen LogP contribution >= 0.6 is 0 Å². The van der Waals surface area contributed by atoms with E-state index in [1.807, 2.05) is 0 Å².